The predicted molar refractivity (Wildman–Crippen MR) is 312 cm³/mol. The average molecular weight is 1220 g/mol. The van der Waals surface area contributed by atoms with Gasteiger partial charge in [-0.3, -0.25) is 28.9 Å². The zero-order valence-electron chi connectivity index (χ0n) is 50.0. The van der Waals surface area contributed by atoms with Gasteiger partial charge in [-0.05, 0) is 104 Å². The van der Waals surface area contributed by atoms with Crippen molar-refractivity contribution in [1.29, 1.82) is 0 Å². The van der Waals surface area contributed by atoms with Gasteiger partial charge in [0.1, 0.15) is 42.3 Å². The van der Waals surface area contributed by atoms with E-state index in [1.165, 1.54) is 44.8 Å². The highest BCUT2D eigenvalue weighted by Crippen LogP contribution is 2.41. The number of hydrogen-bond acceptors (Lipinski definition) is 12. The van der Waals surface area contributed by atoms with Crippen molar-refractivity contribution in [1.82, 2.24) is 50.3 Å². The van der Waals surface area contributed by atoms with E-state index < -0.39 is 89.0 Å². The van der Waals surface area contributed by atoms with Crippen LogP contribution in [0.3, 0.4) is 0 Å². The largest absolute Gasteiger partial charge is 0.445 e. The van der Waals surface area contributed by atoms with Crippen LogP contribution in [0.15, 0.2) is 78.9 Å². The molecule has 0 saturated carbocycles. The Morgan fingerprint density at radius 1 is 0.816 bits per heavy atom. The predicted octanol–water partition coefficient (Wildman–Crippen LogP) is 7.13. The van der Waals surface area contributed by atoms with Crippen molar-refractivity contribution in [3.05, 3.63) is 113 Å². The maximum atomic E-state index is 16.6. The molecule has 3 aromatic carbocycles. The number of nitrogens with zero attached hydrogens (tertiary/aromatic N) is 7. The van der Waals surface area contributed by atoms with Gasteiger partial charge < -0.3 is 51.2 Å². The third-order valence-electron chi connectivity index (χ3n) is 15.1. The molecule has 1 aromatic heterocycles. The van der Waals surface area contributed by atoms with Crippen LogP contribution < -0.4 is 27.0 Å². The molecule has 2 saturated heterocycles. The summed E-state index contributed by atoms with van der Waals surface area (Å²) in [4.78, 5) is 115. The van der Waals surface area contributed by atoms with E-state index in [4.69, 9.17) is 20.2 Å². The highest BCUT2D eigenvalue weighted by atomic mass is 19.1. The summed E-state index contributed by atoms with van der Waals surface area (Å²) in [7, 11) is 0. The first-order chi connectivity index (χ1) is 41.2. The zero-order valence-corrected chi connectivity index (χ0v) is 50.0. The minimum Gasteiger partial charge on any atom is -0.445 e. The maximum absolute atomic E-state index is 16.6. The topological polar surface area (TPSA) is 273 Å². The second-order valence-corrected chi connectivity index (χ2v) is 23.7. The highest BCUT2D eigenvalue weighted by Gasteiger charge is 2.46. The lowest BCUT2D eigenvalue weighted by Gasteiger charge is -2.45. The summed E-state index contributed by atoms with van der Waals surface area (Å²) in [6, 6.07) is 10.5. The van der Waals surface area contributed by atoms with E-state index >= 15 is 13.6 Å². The molecule has 87 heavy (non-hydrogen) atoms. The van der Waals surface area contributed by atoms with E-state index in [0.29, 0.717) is 36.1 Å². The molecule has 7 atom stereocenters. The lowest BCUT2D eigenvalue weighted by molar-refractivity contribution is -0.137. The summed E-state index contributed by atoms with van der Waals surface area (Å²) < 4.78 is 74.4. The molecular weight excluding hydrogens is 1140 g/mol. The molecule has 0 bridgehead atoms. The van der Waals surface area contributed by atoms with Gasteiger partial charge >= 0.3 is 18.2 Å². The lowest BCUT2D eigenvalue weighted by atomic mass is 9.84. The van der Waals surface area contributed by atoms with Crippen LogP contribution in [0.25, 0.3) is 11.4 Å². The van der Waals surface area contributed by atoms with Crippen molar-refractivity contribution in [2.45, 2.75) is 137 Å². The van der Waals surface area contributed by atoms with Crippen molar-refractivity contribution < 1.29 is 65.4 Å². The summed E-state index contributed by atoms with van der Waals surface area (Å²) in [5, 5.41) is 15.3. The van der Waals surface area contributed by atoms with Gasteiger partial charge in [-0.2, -0.15) is 5.10 Å². The van der Waals surface area contributed by atoms with E-state index in [1.54, 1.807) is 49.1 Å². The number of alkyl halides is 1. The number of nitrogens with one attached hydrogen (secondary N) is 4. The molecule has 22 nitrogen and oxygen atoms in total. The number of likely N-dealkylation sites (tertiary alicyclic amines) is 1. The van der Waals surface area contributed by atoms with E-state index in [9.17, 15) is 42.3 Å². The third kappa shape index (κ3) is 18.3. The number of carbonyl (C=O) groups excluding carboxylic acids is 8. The van der Waals surface area contributed by atoms with Crippen LogP contribution in [0.4, 0.5) is 37.6 Å². The zero-order chi connectivity index (χ0) is 63.3. The molecule has 4 heterocycles. The molecule has 10 amide bonds. The Morgan fingerprint density at radius 3 is 2.16 bits per heavy atom. The summed E-state index contributed by atoms with van der Waals surface area (Å²) in [5.41, 5.74) is 5.34. The van der Waals surface area contributed by atoms with E-state index in [2.05, 4.69) is 26.4 Å². The Kier molecular flexibility index (Phi) is 22.6. The van der Waals surface area contributed by atoms with Crippen molar-refractivity contribution >= 4 is 53.4 Å². The van der Waals surface area contributed by atoms with Crippen LogP contribution in [-0.4, -0.2) is 158 Å². The van der Waals surface area contributed by atoms with Gasteiger partial charge in [0.2, 0.25) is 17.7 Å². The second-order valence-electron chi connectivity index (χ2n) is 23.7. The molecule has 6 N–H and O–H groups in total. The number of anilines is 1. The van der Waals surface area contributed by atoms with Crippen LogP contribution in [0.5, 0.6) is 0 Å². The number of imide groups is 1. The molecule has 470 valence electrons. The van der Waals surface area contributed by atoms with Crippen LogP contribution in [-0.2, 0) is 46.6 Å². The summed E-state index contributed by atoms with van der Waals surface area (Å²) in [6.45, 7) is 12.3. The quantitative estimate of drug-likeness (QED) is 0.0252. The molecule has 3 aliphatic heterocycles. The van der Waals surface area contributed by atoms with Gasteiger partial charge in [0.25, 0.3) is 11.8 Å². The fourth-order valence-corrected chi connectivity index (χ4v) is 10.8. The number of amides is 10. The Morgan fingerprint density at radius 2 is 1.51 bits per heavy atom. The molecule has 0 spiro atoms. The SMILES string of the molecule is CC(C)[C@H](NC(=O)CCCCCN1C(=O)C=CC1=O)C(=O)N[C@@H](CCCNC(N)=O)C(=O)Nc1ccc(COC(=O)N2C[C@@H](CN(C(=O)N3C[C@@H](C)O[C@@H](C)C3)[C@@H](c3nc(-c4cc(F)ccc4F)nn3Cc3cccc(F)c3)C(C)(C)C)[C@@H](F)C2)cc1. The van der Waals surface area contributed by atoms with E-state index in [0.717, 1.165) is 23.1 Å². The summed E-state index contributed by atoms with van der Waals surface area (Å²) in [5.74, 6) is -5.87. The molecule has 26 heteroatoms. The molecule has 0 aliphatic carbocycles. The normalized spacial score (nSPS) is 18.8. The number of hydrogen-bond donors (Lipinski definition) is 5. The van der Waals surface area contributed by atoms with Gasteiger partial charge in [0.15, 0.2) is 11.6 Å². The van der Waals surface area contributed by atoms with Gasteiger partial charge in [0.05, 0.1) is 36.9 Å². The standard InChI is InChI=1S/C61H78F4N12O10/c1-36(2)52(70-49(78)16-9-8-10-26-75-50(79)23-24-51(75)80)57(82)69-48(15-12-25-67-58(66)83)56(81)68-44-20-17-39(18-21-44)35-86-60(85)74-32-41(47(65)34-74)33-76(59(84)73-29-37(3)87-38(4)30-73)53(61(5,6)7)55-71-54(45-28-43(63)19-22-46(45)64)72-77(55)31-40-13-11-14-42(62)27-40/h11,13-14,17-24,27-28,36-38,41,47-48,52-53H,8-10,12,15-16,25-26,29-35H2,1-7H3,(H,68,81)(H,69,82)(H,70,78)(H3,66,67,83)/t37-,38+,41-,47-,48-,52-,53-/m0/s1. The number of ether oxygens (including phenoxy) is 2. The minimum absolute atomic E-state index is 0.0687. The average Bonchev–Trinajstić information content (AvgIpc) is 2.30. The van der Waals surface area contributed by atoms with Gasteiger partial charge in [-0.25, -0.2) is 41.6 Å². The highest BCUT2D eigenvalue weighted by molar-refractivity contribution is 6.12. The van der Waals surface area contributed by atoms with Crippen LogP contribution in [0, 0.1) is 34.7 Å². The summed E-state index contributed by atoms with van der Waals surface area (Å²) >= 11 is 0. The number of aromatic nitrogens is 3. The molecule has 2 fully saturated rings. The number of primary amides is 1. The maximum Gasteiger partial charge on any atom is 0.410 e. The van der Waals surface area contributed by atoms with Crippen molar-refractivity contribution in [2.75, 3.05) is 51.1 Å². The smallest absolute Gasteiger partial charge is 0.410 e. The van der Waals surface area contributed by atoms with Crippen molar-refractivity contribution in [3.8, 4) is 11.4 Å². The van der Waals surface area contributed by atoms with Crippen molar-refractivity contribution in [2.24, 2.45) is 23.0 Å². The van der Waals surface area contributed by atoms with Gasteiger partial charge in [-0.15, -0.1) is 0 Å². The Balaban J connectivity index is 1.01. The number of rotatable bonds is 25. The lowest BCUT2D eigenvalue weighted by Crippen LogP contribution is -2.56. The fourth-order valence-electron chi connectivity index (χ4n) is 10.8. The van der Waals surface area contributed by atoms with Crippen LogP contribution in [0.1, 0.15) is 110 Å². The molecule has 7 rings (SSSR count). The van der Waals surface area contributed by atoms with Crippen molar-refractivity contribution in [3.63, 3.8) is 0 Å². The van der Waals surface area contributed by atoms with Gasteiger partial charge in [-0.1, -0.05) is 65.3 Å². The Hall–Kier alpha value is -8.42. The fraction of sp³-hybridized carbons (Fsp3) is 0.508. The first-order valence-electron chi connectivity index (χ1n) is 29.2. The number of morpholine rings is 1. The molecule has 0 unspecified atom stereocenters. The molecule has 3 aliphatic rings. The molecular formula is C61H78F4N12O10. The molecule has 0 radical (unpaired) electrons. The third-order valence-corrected chi connectivity index (χ3v) is 15.1. The first kappa shape index (κ1) is 66.1. The number of benzene rings is 3. The number of unbranched alkanes of at least 4 members (excludes halogenated alkanes) is 2. The number of urea groups is 2. The number of carbonyl (C=O) groups is 8. The van der Waals surface area contributed by atoms with E-state index in [1.807, 2.05) is 34.6 Å². The minimum atomic E-state index is -1.64. The number of halogens is 4. The first-order valence-corrected chi connectivity index (χ1v) is 29.2. The van der Waals surface area contributed by atoms with Gasteiger partial charge in [0, 0.05) is 69.4 Å². The Bertz CT molecular complexity index is 3130. The second kappa shape index (κ2) is 29.8. The Labute approximate surface area is 502 Å². The monoisotopic (exact) mass is 1210 g/mol. The number of nitrogens with two attached hydrogens (primary N) is 1. The summed E-state index contributed by atoms with van der Waals surface area (Å²) in [6.07, 6.45) is 1.09. The van der Waals surface area contributed by atoms with E-state index in [-0.39, 0.29) is 125 Å². The van der Waals surface area contributed by atoms with Crippen LogP contribution in [0.2, 0.25) is 0 Å². The molecule has 4 aromatic rings. The van der Waals surface area contributed by atoms with Crippen LogP contribution >= 0.6 is 0 Å².